The van der Waals surface area contributed by atoms with Crippen molar-refractivity contribution in [3.8, 4) is 5.75 Å². The maximum absolute atomic E-state index is 13.1. The highest BCUT2D eigenvalue weighted by Crippen LogP contribution is 2.39. The average molecular weight is 476 g/mol. The molecule has 1 aromatic heterocycles. The molecule has 6 nitrogen and oxygen atoms in total. The van der Waals surface area contributed by atoms with Gasteiger partial charge in [0.15, 0.2) is 0 Å². The molecule has 9 heteroatoms. The number of halogens is 3. The third kappa shape index (κ3) is 4.74. The Balaban J connectivity index is 1.53. The molecular weight excluding hydrogens is 447 g/mol. The summed E-state index contributed by atoms with van der Waals surface area (Å²) < 4.78 is 44.3. The van der Waals surface area contributed by atoms with Crippen molar-refractivity contribution in [2.75, 3.05) is 12.4 Å². The number of carbonyl (C=O) groups excluding carboxylic acids is 2. The molecule has 34 heavy (non-hydrogen) atoms. The van der Waals surface area contributed by atoms with Crippen LogP contribution < -0.4 is 10.1 Å². The Morgan fingerprint density at radius 1 is 1.18 bits per heavy atom. The number of hydrogen-bond acceptors (Lipinski definition) is 4. The van der Waals surface area contributed by atoms with Crippen molar-refractivity contribution in [3.63, 3.8) is 0 Å². The lowest BCUT2D eigenvalue weighted by atomic mass is 9.79. The SMILES string of the molecule is COc1cc2c(cc1NC(=O)c1cccc(C(F)(F)F)n1)CN(C1CCC(C(C)C)CC1)C2=O. The molecule has 182 valence electrons. The molecule has 2 heterocycles. The van der Waals surface area contributed by atoms with E-state index in [-0.39, 0.29) is 29.1 Å². The van der Waals surface area contributed by atoms with Crippen LogP contribution in [-0.2, 0) is 12.7 Å². The van der Waals surface area contributed by atoms with Crippen LogP contribution in [0.3, 0.4) is 0 Å². The van der Waals surface area contributed by atoms with Crippen LogP contribution >= 0.6 is 0 Å². The second-order valence-corrected chi connectivity index (χ2v) is 9.32. The van der Waals surface area contributed by atoms with Crippen molar-refractivity contribution < 1.29 is 27.5 Å². The summed E-state index contributed by atoms with van der Waals surface area (Å²) in [5, 5.41) is 2.59. The first-order valence-electron chi connectivity index (χ1n) is 11.5. The van der Waals surface area contributed by atoms with Gasteiger partial charge in [-0.25, -0.2) is 4.98 Å². The van der Waals surface area contributed by atoms with Gasteiger partial charge in [-0.15, -0.1) is 0 Å². The first-order chi connectivity index (χ1) is 16.1. The fraction of sp³-hybridized carbons (Fsp3) is 0.480. The summed E-state index contributed by atoms with van der Waals surface area (Å²) in [4.78, 5) is 31.1. The molecule has 1 aromatic carbocycles. The zero-order valence-corrected chi connectivity index (χ0v) is 19.4. The van der Waals surface area contributed by atoms with Gasteiger partial charge in [0, 0.05) is 18.2 Å². The average Bonchev–Trinajstić information content (AvgIpc) is 3.13. The van der Waals surface area contributed by atoms with Gasteiger partial charge in [0.05, 0.1) is 12.8 Å². The number of pyridine rings is 1. The molecule has 1 fully saturated rings. The van der Waals surface area contributed by atoms with Crippen molar-refractivity contribution >= 4 is 17.5 Å². The van der Waals surface area contributed by atoms with Crippen LogP contribution in [0.5, 0.6) is 5.75 Å². The minimum atomic E-state index is -4.65. The first-order valence-corrected chi connectivity index (χ1v) is 11.5. The molecule has 1 saturated carbocycles. The first kappa shape index (κ1) is 24.0. The summed E-state index contributed by atoms with van der Waals surface area (Å²) in [5.74, 6) is 0.728. The minimum absolute atomic E-state index is 0.0567. The molecule has 0 unspecified atom stereocenters. The smallest absolute Gasteiger partial charge is 0.433 e. The van der Waals surface area contributed by atoms with Gasteiger partial charge in [0.2, 0.25) is 0 Å². The normalized spacial score (nSPS) is 20.4. The summed E-state index contributed by atoms with van der Waals surface area (Å²) in [7, 11) is 1.41. The standard InChI is InChI=1S/C25H28F3N3O3/c1-14(2)15-7-9-17(10-8-15)31-13-16-11-20(21(34-3)12-18(16)24(31)33)30-23(32)19-5-4-6-22(29-19)25(26,27)28/h4-6,11-12,14-15,17H,7-10,13H2,1-3H3,(H,30,32). The van der Waals surface area contributed by atoms with E-state index in [0.29, 0.717) is 23.9 Å². The van der Waals surface area contributed by atoms with Gasteiger partial charge in [-0.2, -0.15) is 13.2 Å². The lowest BCUT2D eigenvalue weighted by Gasteiger charge is -2.36. The van der Waals surface area contributed by atoms with Gasteiger partial charge in [0.25, 0.3) is 11.8 Å². The molecule has 1 aliphatic heterocycles. The highest BCUT2D eigenvalue weighted by atomic mass is 19.4. The van der Waals surface area contributed by atoms with Crippen LogP contribution in [0.1, 0.15) is 71.6 Å². The van der Waals surface area contributed by atoms with Gasteiger partial charge in [0.1, 0.15) is 17.1 Å². The van der Waals surface area contributed by atoms with E-state index >= 15 is 0 Å². The topological polar surface area (TPSA) is 71.5 Å². The number of anilines is 1. The van der Waals surface area contributed by atoms with E-state index in [2.05, 4.69) is 24.1 Å². The molecule has 0 saturated heterocycles. The lowest BCUT2D eigenvalue weighted by Crippen LogP contribution is -2.38. The van der Waals surface area contributed by atoms with Gasteiger partial charge < -0.3 is 15.0 Å². The molecule has 0 spiro atoms. The summed E-state index contributed by atoms with van der Waals surface area (Å²) in [6, 6.07) is 6.58. The molecule has 0 atom stereocenters. The van der Waals surface area contributed by atoms with Crippen LogP contribution in [0, 0.1) is 11.8 Å². The largest absolute Gasteiger partial charge is 0.495 e. The Hall–Kier alpha value is -3.10. The van der Waals surface area contributed by atoms with E-state index in [9.17, 15) is 22.8 Å². The Bertz CT molecular complexity index is 1090. The van der Waals surface area contributed by atoms with Crippen LogP contribution in [0.15, 0.2) is 30.3 Å². The van der Waals surface area contributed by atoms with Crippen LogP contribution in [-0.4, -0.2) is 34.8 Å². The summed E-state index contributed by atoms with van der Waals surface area (Å²) in [6.07, 6.45) is -0.539. The number of rotatable bonds is 5. The number of fused-ring (bicyclic) bond motifs is 1. The van der Waals surface area contributed by atoms with Crippen molar-refractivity contribution in [1.82, 2.24) is 9.88 Å². The highest BCUT2D eigenvalue weighted by molar-refractivity contribution is 6.05. The number of alkyl halides is 3. The number of amides is 2. The number of carbonyl (C=O) groups is 2. The van der Waals surface area contributed by atoms with Crippen LogP contribution in [0.4, 0.5) is 18.9 Å². The maximum Gasteiger partial charge on any atom is 0.433 e. The van der Waals surface area contributed by atoms with E-state index in [1.54, 1.807) is 12.1 Å². The number of methoxy groups -OCH3 is 1. The number of nitrogens with one attached hydrogen (secondary N) is 1. The maximum atomic E-state index is 13.1. The van der Waals surface area contributed by atoms with E-state index < -0.39 is 17.8 Å². The molecule has 0 radical (unpaired) electrons. The number of benzene rings is 1. The van der Waals surface area contributed by atoms with Crippen molar-refractivity contribution in [2.45, 2.75) is 58.3 Å². The fourth-order valence-corrected chi connectivity index (χ4v) is 4.91. The van der Waals surface area contributed by atoms with Crippen LogP contribution in [0.2, 0.25) is 0 Å². The summed E-state index contributed by atoms with van der Waals surface area (Å²) in [6.45, 7) is 4.90. The van der Waals surface area contributed by atoms with E-state index in [1.807, 2.05) is 4.90 Å². The molecule has 4 rings (SSSR count). The van der Waals surface area contributed by atoms with Gasteiger partial charge in [-0.3, -0.25) is 9.59 Å². The summed E-state index contributed by atoms with van der Waals surface area (Å²) >= 11 is 0. The minimum Gasteiger partial charge on any atom is -0.495 e. The van der Waals surface area contributed by atoms with Crippen molar-refractivity contribution in [1.29, 1.82) is 0 Å². The van der Waals surface area contributed by atoms with E-state index in [0.717, 1.165) is 43.4 Å². The number of hydrogen-bond donors (Lipinski definition) is 1. The molecule has 2 amide bonds. The highest BCUT2D eigenvalue weighted by Gasteiger charge is 2.36. The molecule has 0 bridgehead atoms. The number of aromatic nitrogens is 1. The predicted molar refractivity (Wildman–Crippen MR) is 121 cm³/mol. The Morgan fingerprint density at radius 3 is 2.50 bits per heavy atom. The quantitative estimate of drug-likeness (QED) is 0.617. The van der Waals surface area contributed by atoms with Gasteiger partial charge >= 0.3 is 6.18 Å². The molecule has 2 aromatic rings. The third-order valence-electron chi connectivity index (χ3n) is 6.90. The second kappa shape index (κ2) is 9.27. The lowest BCUT2D eigenvalue weighted by molar-refractivity contribution is -0.141. The number of ether oxygens (including phenoxy) is 1. The van der Waals surface area contributed by atoms with Gasteiger partial charge in [-0.05, 0) is 67.3 Å². The van der Waals surface area contributed by atoms with Crippen molar-refractivity contribution in [2.24, 2.45) is 11.8 Å². The van der Waals surface area contributed by atoms with E-state index in [1.165, 1.54) is 13.2 Å². The predicted octanol–water partition coefficient (Wildman–Crippen LogP) is 5.53. The zero-order valence-electron chi connectivity index (χ0n) is 19.4. The molecule has 2 aliphatic rings. The monoisotopic (exact) mass is 475 g/mol. The third-order valence-corrected chi connectivity index (χ3v) is 6.90. The fourth-order valence-electron chi connectivity index (χ4n) is 4.91. The summed E-state index contributed by atoms with van der Waals surface area (Å²) in [5.41, 5.74) is 0.0530. The number of nitrogens with zero attached hydrogens (tertiary/aromatic N) is 2. The zero-order chi connectivity index (χ0) is 24.6. The van der Waals surface area contributed by atoms with Crippen molar-refractivity contribution in [3.05, 3.63) is 52.8 Å². The Morgan fingerprint density at radius 2 is 1.88 bits per heavy atom. The molecule has 1 aliphatic carbocycles. The van der Waals surface area contributed by atoms with E-state index in [4.69, 9.17) is 4.74 Å². The van der Waals surface area contributed by atoms with Gasteiger partial charge in [-0.1, -0.05) is 19.9 Å². The molecular formula is C25H28F3N3O3. The molecule has 1 N–H and O–H groups in total. The van der Waals surface area contributed by atoms with Crippen LogP contribution in [0.25, 0.3) is 0 Å². The Labute approximate surface area is 196 Å². The Kier molecular flexibility index (Phi) is 6.55. The second-order valence-electron chi connectivity index (χ2n) is 9.32.